The van der Waals surface area contributed by atoms with Crippen molar-refractivity contribution in [2.45, 2.75) is 84.5 Å². The van der Waals surface area contributed by atoms with Crippen molar-refractivity contribution in [3.05, 3.63) is 64.2 Å². The minimum absolute atomic E-state index is 0.260. The molecule has 1 aliphatic rings. The number of hydrogen-bond acceptors (Lipinski definition) is 3. The first-order valence-corrected chi connectivity index (χ1v) is 11.9. The molecular formula is C28H40O3. The van der Waals surface area contributed by atoms with Gasteiger partial charge in [-0.25, -0.2) is 0 Å². The molecule has 3 nitrogen and oxygen atoms in total. The van der Waals surface area contributed by atoms with Gasteiger partial charge in [0.2, 0.25) is 0 Å². The van der Waals surface area contributed by atoms with Crippen LogP contribution in [0.2, 0.25) is 0 Å². The predicted molar refractivity (Wildman–Crippen MR) is 128 cm³/mol. The van der Waals surface area contributed by atoms with E-state index in [1.807, 2.05) is 0 Å². The number of benzene rings is 2. The van der Waals surface area contributed by atoms with Crippen LogP contribution in [0.1, 0.15) is 79.7 Å². The Balaban J connectivity index is 1.79. The first-order valence-electron chi connectivity index (χ1n) is 11.9. The van der Waals surface area contributed by atoms with E-state index in [0.717, 1.165) is 25.0 Å². The quantitative estimate of drug-likeness (QED) is 0.412. The van der Waals surface area contributed by atoms with Gasteiger partial charge in [0, 0.05) is 14.2 Å². The third-order valence-electron chi connectivity index (χ3n) is 6.83. The summed E-state index contributed by atoms with van der Waals surface area (Å²) in [5.74, 6) is 2.11. The molecule has 2 aromatic rings. The fourth-order valence-corrected chi connectivity index (χ4v) is 4.91. The van der Waals surface area contributed by atoms with Gasteiger partial charge >= 0.3 is 0 Å². The Morgan fingerprint density at radius 2 is 1.55 bits per heavy atom. The Labute approximate surface area is 189 Å². The van der Waals surface area contributed by atoms with Crippen molar-refractivity contribution < 1.29 is 14.2 Å². The van der Waals surface area contributed by atoms with Gasteiger partial charge in [0.1, 0.15) is 11.9 Å². The van der Waals surface area contributed by atoms with Gasteiger partial charge in [0.05, 0.1) is 13.2 Å². The molecule has 3 unspecified atom stereocenters. The summed E-state index contributed by atoms with van der Waals surface area (Å²) in [5, 5.41) is 0. The maximum Gasteiger partial charge on any atom is 0.119 e. The molecule has 0 aromatic heterocycles. The average Bonchev–Trinajstić information content (AvgIpc) is 2.77. The molecule has 0 bridgehead atoms. The maximum atomic E-state index is 6.57. The van der Waals surface area contributed by atoms with E-state index in [-0.39, 0.29) is 6.10 Å². The largest absolute Gasteiger partial charge is 0.490 e. The first kappa shape index (κ1) is 23.8. The van der Waals surface area contributed by atoms with E-state index in [2.05, 4.69) is 57.2 Å². The van der Waals surface area contributed by atoms with E-state index in [1.54, 1.807) is 14.2 Å². The summed E-state index contributed by atoms with van der Waals surface area (Å²) in [6.07, 6.45) is 7.31. The molecular weight excluding hydrogens is 384 g/mol. The van der Waals surface area contributed by atoms with Gasteiger partial charge in [-0.15, -0.1) is 0 Å². The van der Waals surface area contributed by atoms with Crippen LogP contribution in [-0.4, -0.2) is 20.3 Å². The minimum atomic E-state index is 0.260. The molecule has 3 atom stereocenters. The predicted octanol–water partition coefficient (Wildman–Crippen LogP) is 6.98. The Bertz CT molecular complexity index is 785. The van der Waals surface area contributed by atoms with Gasteiger partial charge < -0.3 is 14.2 Å². The van der Waals surface area contributed by atoms with Gasteiger partial charge in [0.15, 0.2) is 0 Å². The second-order valence-corrected chi connectivity index (χ2v) is 9.21. The van der Waals surface area contributed by atoms with Crippen LogP contribution in [0.5, 0.6) is 5.75 Å². The van der Waals surface area contributed by atoms with Gasteiger partial charge in [0.25, 0.3) is 0 Å². The normalized spacial score (nSPS) is 19.9. The summed E-state index contributed by atoms with van der Waals surface area (Å²) in [6.45, 7) is 7.95. The van der Waals surface area contributed by atoms with Crippen molar-refractivity contribution in [1.29, 1.82) is 0 Å². The molecule has 0 saturated heterocycles. The van der Waals surface area contributed by atoms with Gasteiger partial charge in [-0.1, -0.05) is 50.1 Å². The molecule has 2 aromatic carbocycles. The molecule has 0 aliphatic heterocycles. The third kappa shape index (κ3) is 6.33. The molecule has 0 heterocycles. The summed E-state index contributed by atoms with van der Waals surface area (Å²) in [4.78, 5) is 0. The SMILES string of the molecule is CCC(C)c1ccc(OC2CCCCC2Cc2c(COC)cc(C)cc2COC)cc1. The van der Waals surface area contributed by atoms with Crippen LogP contribution in [0, 0.1) is 12.8 Å². The number of rotatable bonds is 10. The zero-order valence-electron chi connectivity index (χ0n) is 20.1. The lowest BCUT2D eigenvalue weighted by Gasteiger charge is -2.33. The lowest BCUT2D eigenvalue weighted by Crippen LogP contribution is -2.32. The standard InChI is InChI=1S/C28H40O3/c1-6-21(3)22-11-13-26(14-12-22)31-28-10-8-7-9-23(28)17-27-24(18-29-4)15-20(2)16-25(27)19-30-5/h11-16,21,23,28H,6-10,17-19H2,1-5H3. The number of ether oxygens (including phenoxy) is 3. The van der Waals surface area contributed by atoms with Crippen molar-refractivity contribution in [2.24, 2.45) is 5.92 Å². The molecule has 3 rings (SSSR count). The van der Waals surface area contributed by atoms with Crippen LogP contribution in [0.15, 0.2) is 36.4 Å². The number of methoxy groups -OCH3 is 2. The van der Waals surface area contributed by atoms with E-state index < -0.39 is 0 Å². The molecule has 0 radical (unpaired) electrons. The molecule has 1 saturated carbocycles. The zero-order chi connectivity index (χ0) is 22.2. The highest BCUT2D eigenvalue weighted by Crippen LogP contribution is 2.34. The van der Waals surface area contributed by atoms with Crippen molar-refractivity contribution in [1.82, 2.24) is 0 Å². The van der Waals surface area contributed by atoms with E-state index in [9.17, 15) is 0 Å². The fraction of sp³-hybridized carbons (Fsp3) is 0.571. The molecule has 1 fully saturated rings. The first-order chi connectivity index (χ1) is 15.0. The van der Waals surface area contributed by atoms with Crippen LogP contribution in [-0.2, 0) is 29.1 Å². The Morgan fingerprint density at radius 1 is 0.935 bits per heavy atom. The molecule has 31 heavy (non-hydrogen) atoms. The summed E-state index contributed by atoms with van der Waals surface area (Å²) in [5.41, 5.74) is 6.62. The van der Waals surface area contributed by atoms with E-state index in [4.69, 9.17) is 14.2 Å². The lowest BCUT2D eigenvalue weighted by molar-refractivity contribution is 0.0915. The smallest absolute Gasteiger partial charge is 0.119 e. The lowest BCUT2D eigenvalue weighted by atomic mass is 9.80. The average molecular weight is 425 g/mol. The monoisotopic (exact) mass is 424 g/mol. The maximum absolute atomic E-state index is 6.57. The zero-order valence-corrected chi connectivity index (χ0v) is 20.1. The van der Waals surface area contributed by atoms with Crippen LogP contribution >= 0.6 is 0 Å². The topological polar surface area (TPSA) is 27.7 Å². The van der Waals surface area contributed by atoms with Crippen molar-refractivity contribution in [3.8, 4) is 5.75 Å². The highest BCUT2D eigenvalue weighted by atomic mass is 16.5. The summed E-state index contributed by atoms with van der Waals surface area (Å²) in [6, 6.07) is 13.3. The van der Waals surface area contributed by atoms with Gasteiger partial charge in [-0.05, 0) is 85.3 Å². The molecule has 1 aliphatic carbocycles. The highest BCUT2D eigenvalue weighted by Gasteiger charge is 2.28. The molecule has 0 spiro atoms. The van der Waals surface area contributed by atoms with Crippen LogP contribution in [0.25, 0.3) is 0 Å². The molecule has 0 N–H and O–H groups in total. The molecule has 3 heteroatoms. The third-order valence-corrected chi connectivity index (χ3v) is 6.83. The Kier molecular flexibility index (Phi) is 8.98. The summed E-state index contributed by atoms with van der Waals surface area (Å²) >= 11 is 0. The van der Waals surface area contributed by atoms with E-state index in [0.29, 0.717) is 25.0 Å². The van der Waals surface area contributed by atoms with Crippen molar-refractivity contribution in [3.63, 3.8) is 0 Å². The summed E-state index contributed by atoms with van der Waals surface area (Å²) in [7, 11) is 3.55. The van der Waals surface area contributed by atoms with E-state index in [1.165, 1.54) is 47.1 Å². The number of aryl methyl sites for hydroxylation is 1. The Hall–Kier alpha value is -1.84. The van der Waals surface area contributed by atoms with Gasteiger partial charge in [-0.3, -0.25) is 0 Å². The second-order valence-electron chi connectivity index (χ2n) is 9.21. The highest BCUT2D eigenvalue weighted by molar-refractivity contribution is 5.39. The fourth-order valence-electron chi connectivity index (χ4n) is 4.91. The molecule has 170 valence electrons. The number of hydrogen-bond donors (Lipinski definition) is 0. The Morgan fingerprint density at radius 3 is 2.13 bits per heavy atom. The second kappa shape index (κ2) is 11.7. The van der Waals surface area contributed by atoms with Gasteiger partial charge in [-0.2, -0.15) is 0 Å². The van der Waals surface area contributed by atoms with Crippen LogP contribution < -0.4 is 4.74 Å². The minimum Gasteiger partial charge on any atom is -0.490 e. The van der Waals surface area contributed by atoms with Crippen LogP contribution in [0.4, 0.5) is 0 Å². The molecule has 0 amide bonds. The van der Waals surface area contributed by atoms with E-state index >= 15 is 0 Å². The van der Waals surface area contributed by atoms with Crippen molar-refractivity contribution in [2.75, 3.05) is 14.2 Å². The summed E-state index contributed by atoms with van der Waals surface area (Å²) < 4.78 is 17.6. The van der Waals surface area contributed by atoms with Crippen molar-refractivity contribution >= 4 is 0 Å². The van der Waals surface area contributed by atoms with Crippen LogP contribution in [0.3, 0.4) is 0 Å².